The summed E-state index contributed by atoms with van der Waals surface area (Å²) < 4.78 is 40.9. The van der Waals surface area contributed by atoms with Crippen LogP contribution in [0.3, 0.4) is 0 Å². The van der Waals surface area contributed by atoms with Crippen LogP contribution < -0.4 is 5.73 Å². The van der Waals surface area contributed by atoms with Crippen LogP contribution in [0.15, 0.2) is 18.2 Å². The first-order valence-corrected chi connectivity index (χ1v) is 6.83. The number of fused-ring (bicyclic) bond motifs is 1. The molecule has 1 atom stereocenters. The van der Waals surface area contributed by atoms with Crippen molar-refractivity contribution in [3.63, 3.8) is 0 Å². The summed E-state index contributed by atoms with van der Waals surface area (Å²) in [4.78, 5) is 3.74. The van der Waals surface area contributed by atoms with E-state index in [0.717, 1.165) is 0 Å². The number of hydrogen-bond donors (Lipinski definition) is 1. The summed E-state index contributed by atoms with van der Waals surface area (Å²) >= 11 is 0. The highest BCUT2D eigenvalue weighted by atomic mass is 19.4. The Kier molecular flexibility index (Phi) is 3.68. The van der Waals surface area contributed by atoms with Gasteiger partial charge < -0.3 is 10.3 Å². The molecule has 0 aliphatic heterocycles. The number of anilines is 1. The minimum Gasteiger partial charge on any atom is -0.399 e. The second kappa shape index (κ2) is 4.93. The SMILES string of the molecule is CC(Cn1c(C(F)(F)F)nc2cc(N)ccc21)C(C)(C)C. The van der Waals surface area contributed by atoms with E-state index in [1.54, 1.807) is 12.1 Å². The fourth-order valence-corrected chi connectivity index (χ4v) is 2.10. The molecule has 0 amide bonds. The molecule has 0 spiro atoms. The molecule has 3 nitrogen and oxygen atoms in total. The first-order valence-electron chi connectivity index (χ1n) is 6.83. The molecular formula is C15H20F3N3. The lowest BCUT2D eigenvalue weighted by Crippen LogP contribution is -2.25. The van der Waals surface area contributed by atoms with Gasteiger partial charge in [-0.05, 0) is 29.5 Å². The Bertz CT molecular complexity index is 650. The van der Waals surface area contributed by atoms with Crippen LogP contribution >= 0.6 is 0 Å². The Morgan fingerprint density at radius 3 is 2.38 bits per heavy atom. The van der Waals surface area contributed by atoms with Crippen molar-refractivity contribution < 1.29 is 13.2 Å². The number of halogens is 3. The number of nitrogen functional groups attached to an aromatic ring is 1. The molecule has 1 aromatic carbocycles. The fraction of sp³-hybridized carbons (Fsp3) is 0.533. The van der Waals surface area contributed by atoms with E-state index in [1.165, 1.54) is 10.6 Å². The highest BCUT2D eigenvalue weighted by Crippen LogP contribution is 2.35. The van der Waals surface area contributed by atoms with Gasteiger partial charge >= 0.3 is 6.18 Å². The van der Waals surface area contributed by atoms with Gasteiger partial charge in [0.15, 0.2) is 0 Å². The molecule has 116 valence electrons. The first-order chi connectivity index (χ1) is 9.50. The Morgan fingerprint density at radius 1 is 1.24 bits per heavy atom. The third-order valence-electron chi connectivity index (χ3n) is 3.96. The quantitative estimate of drug-likeness (QED) is 0.839. The lowest BCUT2D eigenvalue weighted by Gasteiger charge is -2.28. The molecule has 2 rings (SSSR count). The average Bonchev–Trinajstić information content (AvgIpc) is 2.65. The topological polar surface area (TPSA) is 43.8 Å². The zero-order valence-electron chi connectivity index (χ0n) is 12.6. The van der Waals surface area contributed by atoms with Crippen molar-refractivity contribution in [2.75, 3.05) is 5.73 Å². The van der Waals surface area contributed by atoms with Crippen LogP contribution in [-0.4, -0.2) is 9.55 Å². The molecule has 2 N–H and O–H groups in total. The normalized spacial score (nSPS) is 14.6. The second-order valence-electron chi connectivity index (χ2n) is 6.56. The van der Waals surface area contributed by atoms with Crippen molar-refractivity contribution in [2.45, 2.75) is 40.4 Å². The largest absolute Gasteiger partial charge is 0.449 e. The maximum atomic E-state index is 13.2. The van der Waals surface area contributed by atoms with Crippen LogP contribution in [0.4, 0.5) is 18.9 Å². The number of benzene rings is 1. The molecule has 6 heteroatoms. The second-order valence-corrected chi connectivity index (χ2v) is 6.56. The number of nitrogens with two attached hydrogens (primary N) is 1. The number of hydrogen-bond acceptors (Lipinski definition) is 2. The highest BCUT2D eigenvalue weighted by molar-refractivity contribution is 5.79. The van der Waals surface area contributed by atoms with Gasteiger partial charge in [-0.15, -0.1) is 0 Å². The molecule has 0 radical (unpaired) electrons. The summed E-state index contributed by atoms with van der Waals surface area (Å²) in [6, 6.07) is 4.67. The van der Waals surface area contributed by atoms with E-state index in [1.807, 2.05) is 27.7 Å². The zero-order valence-corrected chi connectivity index (χ0v) is 12.6. The molecule has 1 unspecified atom stereocenters. The van der Waals surface area contributed by atoms with Crippen molar-refractivity contribution in [3.8, 4) is 0 Å². The van der Waals surface area contributed by atoms with Crippen molar-refractivity contribution in [3.05, 3.63) is 24.0 Å². The lowest BCUT2D eigenvalue weighted by molar-refractivity contribution is -0.147. The van der Waals surface area contributed by atoms with E-state index >= 15 is 0 Å². The smallest absolute Gasteiger partial charge is 0.399 e. The van der Waals surface area contributed by atoms with Crippen LogP contribution in [-0.2, 0) is 12.7 Å². The van der Waals surface area contributed by atoms with Gasteiger partial charge in [0, 0.05) is 12.2 Å². The molecule has 0 aliphatic rings. The van der Waals surface area contributed by atoms with Gasteiger partial charge in [0.1, 0.15) is 0 Å². The van der Waals surface area contributed by atoms with Crippen molar-refractivity contribution in [1.29, 1.82) is 0 Å². The average molecular weight is 299 g/mol. The van der Waals surface area contributed by atoms with E-state index in [2.05, 4.69) is 4.98 Å². The van der Waals surface area contributed by atoms with Gasteiger partial charge in [0.25, 0.3) is 0 Å². The summed E-state index contributed by atoms with van der Waals surface area (Å²) in [5.41, 5.74) is 6.70. The van der Waals surface area contributed by atoms with Crippen LogP contribution in [0.1, 0.15) is 33.5 Å². The monoisotopic (exact) mass is 299 g/mol. The summed E-state index contributed by atoms with van der Waals surface area (Å²) in [6.07, 6.45) is -4.48. The number of rotatable bonds is 2. The fourth-order valence-electron chi connectivity index (χ4n) is 2.10. The van der Waals surface area contributed by atoms with Gasteiger partial charge in [0.05, 0.1) is 11.0 Å². The molecule has 1 aromatic heterocycles. The van der Waals surface area contributed by atoms with E-state index in [0.29, 0.717) is 11.2 Å². The molecule has 0 fully saturated rings. The Hall–Kier alpha value is -1.72. The molecular weight excluding hydrogens is 279 g/mol. The number of alkyl halides is 3. The van der Waals surface area contributed by atoms with Gasteiger partial charge in [0.2, 0.25) is 5.82 Å². The minimum absolute atomic E-state index is 0.0635. The number of imidazole rings is 1. The summed E-state index contributed by atoms with van der Waals surface area (Å²) in [5.74, 6) is -0.798. The molecule has 0 bridgehead atoms. The first kappa shape index (κ1) is 15.7. The highest BCUT2D eigenvalue weighted by Gasteiger charge is 2.38. The third-order valence-corrected chi connectivity index (χ3v) is 3.96. The van der Waals surface area contributed by atoms with Gasteiger partial charge in [-0.3, -0.25) is 0 Å². The standard InChI is InChI=1S/C15H20F3N3/c1-9(14(2,3)4)8-21-12-6-5-10(19)7-11(12)20-13(21)15(16,17)18/h5-7,9H,8,19H2,1-4H3. The van der Waals surface area contributed by atoms with E-state index in [9.17, 15) is 13.2 Å². The molecule has 0 saturated carbocycles. The zero-order chi connectivity index (χ0) is 16.0. The maximum Gasteiger partial charge on any atom is 0.449 e. The summed E-state index contributed by atoms with van der Waals surface area (Å²) in [5, 5.41) is 0. The van der Waals surface area contributed by atoms with Crippen molar-refractivity contribution >= 4 is 16.7 Å². The van der Waals surface area contributed by atoms with Gasteiger partial charge in [-0.25, -0.2) is 4.98 Å². The van der Waals surface area contributed by atoms with Crippen molar-refractivity contribution in [1.82, 2.24) is 9.55 Å². The van der Waals surface area contributed by atoms with E-state index in [4.69, 9.17) is 5.73 Å². The molecule has 0 saturated heterocycles. The van der Waals surface area contributed by atoms with Crippen LogP contribution in [0.2, 0.25) is 0 Å². The van der Waals surface area contributed by atoms with Crippen molar-refractivity contribution in [2.24, 2.45) is 11.3 Å². The number of aromatic nitrogens is 2. The predicted octanol–water partition coefficient (Wildman–Crippen LogP) is 4.32. The molecule has 1 heterocycles. The Balaban J connectivity index is 2.59. The maximum absolute atomic E-state index is 13.2. The third kappa shape index (κ3) is 3.14. The van der Waals surface area contributed by atoms with E-state index in [-0.39, 0.29) is 23.4 Å². The van der Waals surface area contributed by atoms with Crippen LogP contribution in [0, 0.1) is 11.3 Å². The Morgan fingerprint density at radius 2 is 1.86 bits per heavy atom. The summed E-state index contributed by atoms with van der Waals surface area (Å²) in [7, 11) is 0. The lowest BCUT2D eigenvalue weighted by atomic mass is 9.82. The van der Waals surface area contributed by atoms with E-state index < -0.39 is 12.0 Å². The van der Waals surface area contributed by atoms with Crippen LogP contribution in [0.5, 0.6) is 0 Å². The summed E-state index contributed by atoms with van der Waals surface area (Å²) in [6.45, 7) is 8.26. The predicted molar refractivity (Wildman–Crippen MR) is 77.8 cm³/mol. The van der Waals surface area contributed by atoms with Gasteiger partial charge in [-0.1, -0.05) is 27.7 Å². The minimum atomic E-state index is -4.48. The van der Waals surface area contributed by atoms with Crippen LogP contribution in [0.25, 0.3) is 11.0 Å². The molecule has 21 heavy (non-hydrogen) atoms. The number of nitrogens with zero attached hydrogens (tertiary/aromatic N) is 2. The Labute approximate surface area is 122 Å². The molecule has 0 aliphatic carbocycles. The van der Waals surface area contributed by atoms with Gasteiger partial charge in [-0.2, -0.15) is 13.2 Å². The molecule has 2 aromatic rings.